The molecule has 1 aliphatic heterocycles. The highest BCUT2D eigenvalue weighted by atomic mass is 35.5. The Morgan fingerprint density at radius 3 is 2.07 bits per heavy atom. The largest absolute Gasteiger partial charge is 0.495 e. The van der Waals surface area contributed by atoms with Gasteiger partial charge in [-0.15, -0.1) is 0 Å². The van der Waals surface area contributed by atoms with Gasteiger partial charge in [0.15, 0.2) is 0 Å². The van der Waals surface area contributed by atoms with Gasteiger partial charge in [0.25, 0.3) is 0 Å². The molecule has 0 aromatic heterocycles. The average molecular weight is 413 g/mol. The van der Waals surface area contributed by atoms with Crippen molar-refractivity contribution in [3.05, 3.63) is 35.4 Å². The first-order valence-corrected chi connectivity index (χ1v) is 9.25. The smallest absolute Gasteiger partial charge is 0.328 e. The van der Waals surface area contributed by atoms with Crippen molar-refractivity contribution >= 4 is 29.2 Å². The third-order valence-corrected chi connectivity index (χ3v) is 4.39. The summed E-state index contributed by atoms with van der Waals surface area (Å²) in [7, 11) is 1.64. The number of carboxylic acid groups (broad SMARTS) is 2. The fourth-order valence-corrected chi connectivity index (χ4v) is 3.75. The molecule has 0 unspecified atom stereocenters. The van der Waals surface area contributed by atoms with Crippen LogP contribution in [-0.4, -0.2) is 46.4 Å². The molecule has 1 aromatic rings. The summed E-state index contributed by atoms with van der Waals surface area (Å²) in [6.07, 6.45) is 3.29. The Morgan fingerprint density at radius 1 is 1.14 bits per heavy atom. The van der Waals surface area contributed by atoms with Crippen LogP contribution in [0.3, 0.4) is 0 Å². The molecular weight excluding hydrogens is 384 g/mol. The minimum Gasteiger partial charge on any atom is -0.495 e. The van der Waals surface area contributed by atoms with Gasteiger partial charge in [0.1, 0.15) is 5.75 Å². The predicted octanol–water partition coefficient (Wildman–Crippen LogP) is 3.78. The quantitative estimate of drug-likeness (QED) is 0.545. The third-order valence-electron chi connectivity index (χ3n) is 4.08. The van der Waals surface area contributed by atoms with Crippen LogP contribution in [0.2, 0.25) is 5.02 Å². The molecule has 0 spiro atoms. The summed E-state index contributed by atoms with van der Waals surface area (Å²) in [5.74, 6) is -1.80. The summed E-state index contributed by atoms with van der Waals surface area (Å²) in [6, 6.07) is 6.28. The molecule has 2 rings (SSSR count). The summed E-state index contributed by atoms with van der Waals surface area (Å²) in [6.45, 7) is 9.02. The first kappa shape index (κ1) is 23.8. The van der Waals surface area contributed by atoms with Crippen molar-refractivity contribution in [2.45, 2.75) is 57.7 Å². The summed E-state index contributed by atoms with van der Waals surface area (Å²) < 4.78 is 5.27. The molecule has 156 valence electrons. The molecule has 28 heavy (non-hydrogen) atoms. The molecule has 0 bridgehead atoms. The van der Waals surface area contributed by atoms with E-state index in [1.165, 1.54) is 0 Å². The third kappa shape index (κ3) is 8.63. The molecule has 7 nitrogen and oxygen atoms in total. The van der Waals surface area contributed by atoms with Gasteiger partial charge in [-0.05, 0) is 52.7 Å². The number of rotatable bonds is 5. The van der Waals surface area contributed by atoms with Crippen molar-refractivity contribution in [3.8, 4) is 5.75 Å². The van der Waals surface area contributed by atoms with Gasteiger partial charge in [-0.25, -0.2) is 9.59 Å². The van der Waals surface area contributed by atoms with E-state index in [0.29, 0.717) is 29.0 Å². The van der Waals surface area contributed by atoms with Crippen LogP contribution in [0, 0.1) is 0 Å². The van der Waals surface area contributed by atoms with Gasteiger partial charge in [0.2, 0.25) is 0 Å². The molecule has 8 heteroatoms. The van der Waals surface area contributed by atoms with E-state index in [-0.39, 0.29) is 11.1 Å². The number of ether oxygens (including phenoxy) is 1. The van der Waals surface area contributed by atoms with E-state index < -0.39 is 11.9 Å². The number of halogens is 1. The maximum Gasteiger partial charge on any atom is 0.328 e. The monoisotopic (exact) mass is 412 g/mol. The Kier molecular flexibility index (Phi) is 8.32. The number of methoxy groups -OCH3 is 1. The molecular formula is C20H29ClN2O5. The normalized spacial score (nSPS) is 18.1. The van der Waals surface area contributed by atoms with Crippen molar-refractivity contribution in [2.75, 3.05) is 12.4 Å². The Bertz CT molecular complexity index is 699. The van der Waals surface area contributed by atoms with E-state index in [4.69, 9.17) is 26.6 Å². The van der Waals surface area contributed by atoms with Crippen LogP contribution >= 0.6 is 11.6 Å². The van der Waals surface area contributed by atoms with E-state index >= 15 is 0 Å². The van der Waals surface area contributed by atoms with E-state index in [1.807, 2.05) is 18.2 Å². The van der Waals surface area contributed by atoms with Crippen LogP contribution in [-0.2, 0) is 9.59 Å². The van der Waals surface area contributed by atoms with Crippen molar-refractivity contribution < 1.29 is 24.5 Å². The molecule has 4 N–H and O–H groups in total. The van der Waals surface area contributed by atoms with Gasteiger partial charge in [0, 0.05) is 41.0 Å². The van der Waals surface area contributed by atoms with Crippen molar-refractivity contribution in [2.24, 2.45) is 0 Å². The van der Waals surface area contributed by atoms with Crippen molar-refractivity contribution in [3.63, 3.8) is 0 Å². The van der Waals surface area contributed by atoms with E-state index in [2.05, 4.69) is 38.3 Å². The summed E-state index contributed by atoms with van der Waals surface area (Å²) in [5, 5.41) is 23.6. The van der Waals surface area contributed by atoms with Gasteiger partial charge < -0.3 is 25.6 Å². The molecule has 0 atom stereocenters. The lowest BCUT2D eigenvalue weighted by Crippen LogP contribution is -2.60. The van der Waals surface area contributed by atoms with E-state index in [9.17, 15) is 9.59 Å². The number of carbonyl (C=O) groups is 2. The van der Waals surface area contributed by atoms with Crippen LogP contribution < -0.4 is 15.4 Å². The molecule has 1 heterocycles. The van der Waals surface area contributed by atoms with Gasteiger partial charge in [-0.3, -0.25) is 0 Å². The fraction of sp³-hybridized carbons (Fsp3) is 0.500. The molecule has 0 aliphatic carbocycles. The highest BCUT2D eigenvalue weighted by Crippen LogP contribution is 2.32. The standard InChI is InChI=1S/C16H25ClN2O.C4H4O4/c1-15(2)9-12(10-16(3,4)19-15)18-11-6-7-13(17)14(8-11)20-5;5-3(6)1-2-4(7)8/h6-8,12,18-19H,9-10H2,1-5H3;1-2H,(H,5,6)(H,7,8)/b;2-1+. The summed E-state index contributed by atoms with van der Waals surface area (Å²) >= 11 is 6.07. The maximum atomic E-state index is 9.55. The number of nitrogens with one attached hydrogen (secondary N) is 2. The minimum absolute atomic E-state index is 0.135. The Labute approximate surface area is 170 Å². The Hall–Kier alpha value is -2.25. The Balaban J connectivity index is 0.000000416. The Morgan fingerprint density at radius 2 is 1.64 bits per heavy atom. The lowest BCUT2D eigenvalue weighted by atomic mass is 9.79. The van der Waals surface area contributed by atoms with Crippen LogP contribution in [0.1, 0.15) is 40.5 Å². The predicted molar refractivity (Wildman–Crippen MR) is 110 cm³/mol. The van der Waals surface area contributed by atoms with Crippen molar-refractivity contribution in [1.29, 1.82) is 0 Å². The second kappa shape index (κ2) is 9.80. The second-order valence-electron chi connectivity index (χ2n) is 8.00. The van der Waals surface area contributed by atoms with E-state index in [1.54, 1.807) is 7.11 Å². The van der Waals surface area contributed by atoms with E-state index in [0.717, 1.165) is 18.5 Å². The molecule has 1 aliphatic rings. The van der Waals surface area contributed by atoms with Crippen LogP contribution in [0.5, 0.6) is 5.75 Å². The zero-order chi connectivity index (χ0) is 21.5. The van der Waals surface area contributed by atoms with Crippen molar-refractivity contribution in [1.82, 2.24) is 5.32 Å². The minimum atomic E-state index is -1.26. The molecule has 0 amide bonds. The highest BCUT2D eigenvalue weighted by Gasteiger charge is 2.37. The number of anilines is 1. The van der Waals surface area contributed by atoms with Crippen LogP contribution in [0.15, 0.2) is 30.4 Å². The number of carboxylic acids is 2. The van der Waals surface area contributed by atoms with Gasteiger partial charge >= 0.3 is 11.9 Å². The molecule has 1 aromatic carbocycles. The number of hydrogen-bond donors (Lipinski definition) is 4. The number of benzene rings is 1. The molecule has 1 fully saturated rings. The lowest BCUT2D eigenvalue weighted by molar-refractivity contribution is -0.134. The highest BCUT2D eigenvalue weighted by molar-refractivity contribution is 6.32. The van der Waals surface area contributed by atoms with Crippen LogP contribution in [0.4, 0.5) is 5.69 Å². The SMILES string of the molecule is COc1cc(NC2CC(C)(C)NC(C)(C)C2)ccc1Cl.O=C(O)/C=C/C(=O)O. The maximum absolute atomic E-state index is 9.55. The first-order valence-electron chi connectivity index (χ1n) is 8.87. The van der Waals surface area contributed by atoms with Gasteiger partial charge in [-0.2, -0.15) is 0 Å². The lowest BCUT2D eigenvalue weighted by Gasteiger charge is -2.47. The number of aliphatic carboxylic acids is 2. The number of hydrogen-bond acceptors (Lipinski definition) is 5. The van der Waals surface area contributed by atoms with Gasteiger partial charge in [0.05, 0.1) is 12.1 Å². The molecule has 0 radical (unpaired) electrons. The molecule has 0 saturated carbocycles. The average Bonchev–Trinajstić information content (AvgIpc) is 2.52. The summed E-state index contributed by atoms with van der Waals surface area (Å²) in [5.41, 5.74) is 1.33. The zero-order valence-electron chi connectivity index (χ0n) is 16.9. The first-order chi connectivity index (χ1) is 12.8. The zero-order valence-corrected chi connectivity index (χ0v) is 17.6. The number of piperidine rings is 1. The topological polar surface area (TPSA) is 108 Å². The summed E-state index contributed by atoms with van der Waals surface area (Å²) in [4.78, 5) is 19.1. The van der Waals surface area contributed by atoms with Crippen LogP contribution in [0.25, 0.3) is 0 Å². The van der Waals surface area contributed by atoms with Gasteiger partial charge in [-0.1, -0.05) is 11.6 Å². The second-order valence-corrected chi connectivity index (χ2v) is 8.41. The molecule has 1 saturated heterocycles. The fourth-order valence-electron chi connectivity index (χ4n) is 3.55.